The molecule has 1 atom stereocenters. The third-order valence-electron chi connectivity index (χ3n) is 7.00. The van der Waals surface area contributed by atoms with Crippen LogP contribution in [-0.4, -0.2) is 34.1 Å². The van der Waals surface area contributed by atoms with Crippen LogP contribution >= 0.6 is 0 Å². The number of amides is 1. The first-order valence-corrected chi connectivity index (χ1v) is 15.1. The predicted octanol–water partition coefficient (Wildman–Crippen LogP) is 6.40. The van der Waals surface area contributed by atoms with E-state index in [-0.39, 0.29) is 22.8 Å². The van der Waals surface area contributed by atoms with Gasteiger partial charge in [0.15, 0.2) is 9.84 Å². The molecule has 1 N–H and O–H groups in total. The quantitative estimate of drug-likeness (QED) is 0.225. The van der Waals surface area contributed by atoms with Crippen molar-refractivity contribution >= 4 is 32.3 Å². The van der Waals surface area contributed by atoms with E-state index in [9.17, 15) is 13.2 Å². The van der Waals surface area contributed by atoms with Crippen molar-refractivity contribution in [3.63, 3.8) is 0 Å². The minimum atomic E-state index is -3.69. The molecule has 2 aromatic carbocycles. The van der Waals surface area contributed by atoms with Gasteiger partial charge >= 0.3 is 0 Å². The molecular formula is C32H33N5O4S. The SMILES string of the molecule is Cc1cc(CC(=O)Nc2cnn(C(C)(C)C)c2)ccc1Oc1ccnc2ccc(S(=O)(=O)[C@@H](C)c3cccnc3)cc12. The Bertz CT molecular complexity index is 1860. The summed E-state index contributed by atoms with van der Waals surface area (Å²) in [4.78, 5) is 21.3. The summed E-state index contributed by atoms with van der Waals surface area (Å²) in [5.74, 6) is 0.927. The number of carbonyl (C=O) groups excluding carboxylic acids is 1. The molecule has 0 spiro atoms. The van der Waals surface area contributed by atoms with E-state index in [0.717, 1.165) is 11.1 Å². The Morgan fingerprint density at radius 3 is 2.52 bits per heavy atom. The van der Waals surface area contributed by atoms with Crippen molar-refractivity contribution in [2.24, 2.45) is 0 Å². The van der Waals surface area contributed by atoms with E-state index >= 15 is 0 Å². The number of rotatable bonds is 8. The lowest BCUT2D eigenvalue weighted by Crippen LogP contribution is -2.22. The molecule has 0 unspecified atom stereocenters. The van der Waals surface area contributed by atoms with Gasteiger partial charge in [-0.15, -0.1) is 0 Å². The normalized spacial score (nSPS) is 12.7. The zero-order chi connectivity index (χ0) is 30.1. The number of fused-ring (bicyclic) bond motifs is 1. The molecule has 0 fully saturated rings. The molecule has 1 amide bonds. The Kier molecular flexibility index (Phi) is 7.83. The second-order valence-electron chi connectivity index (χ2n) is 11.2. The molecule has 0 radical (unpaired) electrons. The van der Waals surface area contributed by atoms with Gasteiger partial charge in [0.1, 0.15) is 11.5 Å². The molecule has 0 aliphatic rings. The van der Waals surface area contributed by atoms with Crippen molar-refractivity contribution in [3.8, 4) is 11.5 Å². The highest BCUT2D eigenvalue weighted by molar-refractivity contribution is 7.91. The molecular weight excluding hydrogens is 550 g/mol. The molecule has 3 aromatic heterocycles. The number of hydrogen-bond donors (Lipinski definition) is 1. The summed E-state index contributed by atoms with van der Waals surface area (Å²) < 4.78 is 35.0. The summed E-state index contributed by atoms with van der Waals surface area (Å²) in [5.41, 5.74) is 3.36. The number of ether oxygens (including phenoxy) is 1. The topological polar surface area (TPSA) is 116 Å². The predicted molar refractivity (Wildman–Crippen MR) is 162 cm³/mol. The number of nitrogens with one attached hydrogen (secondary N) is 1. The fraction of sp³-hybridized carbons (Fsp3) is 0.250. The van der Waals surface area contributed by atoms with Crippen molar-refractivity contribution in [1.82, 2.24) is 19.7 Å². The number of nitrogens with zero attached hydrogens (tertiary/aromatic N) is 4. The molecule has 0 saturated heterocycles. The number of pyridine rings is 2. The van der Waals surface area contributed by atoms with E-state index in [1.807, 2.05) is 52.1 Å². The smallest absolute Gasteiger partial charge is 0.228 e. The van der Waals surface area contributed by atoms with Gasteiger partial charge in [0.05, 0.1) is 39.5 Å². The second-order valence-corrected chi connectivity index (χ2v) is 13.5. The molecule has 216 valence electrons. The molecule has 0 saturated carbocycles. The summed E-state index contributed by atoms with van der Waals surface area (Å²) in [6.07, 6.45) is 8.45. The fourth-order valence-electron chi connectivity index (χ4n) is 4.57. The number of benzene rings is 2. The maximum atomic E-state index is 13.5. The molecule has 10 heteroatoms. The zero-order valence-corrected chi connectivity index (χ0v) is 25.0. The average molecular weight is 584 g/mol. The van der Waals surface area contributed by atoms with Gasteiger partial charge in [-0.2, -0.15) is 5.10 Å². The minimum Gasteiger partial charge on any atom is -0.456 e. The third-order valence-corrected chi connectivity index (χ3v) is 9.11. The molecule has 0 aliphatic heterocycles. The van der Waals surface area contributed by atoms with Crippen molar-refractivity contribution in [2.45, 2.75) is 56.7 Å². The molecule has 42 heavy (non-hydrogen) atoms. The Labute approximate surface area is 245 Å². The van der Waals surface area contributed by atoms with Crippen LogP contribution in [0.3, 0.4) is 0 Å². The van der Waals surface area contributed by atoms with Crippen LogP contribution in [0.2, 0.25) is 0 Å². The van der Waals surface area contributed by atoms with Crippen molar-refractivity contribution < 1.29 is 17.9 Å². The van der Waals surface area contributed by atoms with Gasteiger partial charge in [-0.05, 0) is 87.7 Å². The van der Waals surface area contributed by atoms with Gasteiger partial charge in [0.25, 0.3) is 0 Å². The molecule has 9 nitrogen and oxygen atoms in total. The summed E-state index contributed by atoms with van der Waals surface area (Å²) in [6.45, 7) is 9.67. The fourth-order valence-corrected chi connectivity index (χ4v) is 6.01. The summed E-state index contributed by atoms with van der Waals surface area (Å²) >= 11 is 0. The van der Waals surface area contributed by atoms with E-state index in [1.54, 1.807) is 72.8 Å². The Balaban J connectivity index is 1.34. The van der Waals surface area contributed by atoms with Crippen LogP contribution in [0, 0.1) is 6.92 Å². The van der Waals surface area contributed by atoms with Crippen LogP contribution in [-0.2, 0) is 26.6 Å². The number of carbonyl (C=O) groups is 1. The van der Waals surface area contributed by atoms with Crippen LogP contribution in [0.4, 0.5) is 5.69 Å². The minimum absolute atomic E-state index is 0.147. The molecule has 5 rings (SSSR count). The monoisotopic (exact) mass is 583 g/mol. The maximum absolute atomic E-state index is 13.5. The first-order valence-electron chi connectivity index (χ1n) is 13.6. The lowest BCUT2D eigenvalue weighted by Gasteiger charge is -2.18. The van der Waals surface area contributed by atoms with E-state index in [4.69, 9.17) is 4.74 Å². The highest BCUT2D eigenvalue weighted by Crippen LogP contribution is 2.35. The number of sulfone groups is 1. The van der Waals surface area contributed by atoms with E-state index in [2.05, 4.69) is 20.4 Å². The van der Waals surface area contributed by atoms with Crippen LogP contribution in [0.1, 0.15) is 49.6 Å². The van der Waals surface area contributed by atoms with E-state index < -0.39 is 15.1 Å². The van der Waals surface area contributed by atoms with Crippen molar-refractivity contribution in [1.29, 1.82) is 0 Å². The van der Waals surface area contributed by atoms with Crippen LogP contribution < -0.4 is 10.1 Å². The van der Waals surface area contributed by atoms with Crippen molar-refractivity contribution in [2.75, 3.05) is 5.32 Å². The van der Waals surface area contributed by atoms with E-state index in [1.165, 1.54) is 0 Å². The first kappa shape index (κ1) is 28.9. The summed E-state index contributed by atoms with van der Waals surface area (Å²) in [5, 5.41) is 7.03. The Hall–Kier alpha value is -4.57. The average Bonchev–Trinajstić information content (AvgIpc) is 3.43. The van der Waals surface area contributed by atoms with Gasteiger partial charge in [-0.3, -0.25) is 19.4 Å². The Morgan fingerprint density at radius 2 is 1.83 bits per heavy atom. The molecule has 5 aromatic rings. The summed E-state index contributed by atoms with van der Waals surface area (Å²) in [7, 11) is -3.69. The van der Waals surface area contributed by atoms with Gasteiger partial charge in [0, 0.05) is 30.2 Å². The molecule has 0 bridgehead atoms. The lowest BCUT2D eigenvalue weighted by atomic mass is 10.1. The summed E-state index contributed by atoms with van der Waals surface area (Å²) in [6, 6.07) is 15.6. The van der Waals surface area contributed by atoms with Crippen LogP contribution in [0.5, 0.6) is 11.5 Å². The highest BCUT2D eigenvalue weighted by atomic mass is 32.2. The number of hydrogen-bond acceptors (Lipinski definition) is 7. The first-order chi connectivity index (χ1) is 19.9. The van der Waals surface area contributed by atoms with Gasteiger partial charge in [-0.25, -0.2) is 8.42 Å². The maximum Gasteiger partial charge on any atom is 0.228 e. The van der Waals surface area contributed by atoms with Crippen LogP contribution in [0.15, 0.2) is 90.5 Å². The second kappa shape index (κ2) is 11.4. The van der Waals surface area contributed by atoms with Crippen LogP contribution in [0.25, 0.3) is 10.9 Å². The standard InChI is InChI=1S/C32H33N5O4S/c1-21-15-23(16-31(38)36-25-19-35-37(20-25)32(3,4)5)8-11-29(21)41-30-12-14-34-28-10-9-26(17-27(28)30)42(39,40)22(2)24-7-6-13-33-18-24/h6-15,17-20,22H,16H2,1-5H3,(H,36,38)/t22-/m0/s1. The number of aromatic nitrogens is 4. The molecule has 0 aliphatic carbocycles. The Morgan fingerprint density at radius 1 is 1.02 bits per heavy atom. The highest BCUT2D eigenvalue weighted by Gasteiger charge is 2.26. The third kappa shape index (κ3) is 6.18. The van der Waals surface area contributed by atoms with Gasteiger partial charge in [-0.1, -0.05) is 18.2 Å². The molecule has 3 heterocycles. The van der Waals surface area contributed by atoms with Crippen molar-refractivity contribution in [3.05, 3.63) is 102 Å². The number of anilines is 1. The number of aryl methyl sites for hydroxylation is 1. The van der Waals surface area contributed by atoms with E-state index in [0.29, 0.717) is 33.7 Å². The van der Waals surface area contributed by atoms with Gasteiger partial charge < -0.3 is 10.1 Å². The lowest BCUT2D eigenvalue weighted by molar-refractivity contribution is -0.115. The van der Waals surface area contributed by atoms with Gasteiger partial charge in [0.2, 0.25) is 5.91 Å². The largest absolute Gasteiger partial charge is 0.456 e. The zero-order valence-electron chi connectivity index (χ0n) is 24.2.